The second kappa shape index (κ2) is 6.58. The molecule has 0 spiro atoms. The summed E-state index contributed by atoms with van der Waals surface area (Å²) in [5.74, 6) is 0.644. The Balaban J connectivity index is 2.14. The minimum Gasteiger partial charge on any atom is -0.376 e. The van der Waals surface area contributed by atoms with Gasteiger partial charge in [-0.1, -0.05) is 30.3 Å². The van der Waals surface area contributed by atoms with Gasteiger partial charge in [-0.2, -0.15) is 0 Å². The van der Waals surface area contributed by atoms with Crippen molar-refractivity contribution >= 4 is 39.1 Å². The predicted octanol–water partition coefficient (Wildman–Crippen LogP) is 2.53. The normalized spacial score (nSPS) is 10.2. The summed E-state index contributed by atoms with van der Waals surface area (Å²) in [6.07, 6.45) is 4.07. The van der Waals surface area contributed by atoms with Crippen LogP contribution < -0.4 is 10.6 Å². The Morgan fingerprint density at radius 1 is 1.21 bits per heavy atom. The highest BCUT2D eigenvalue weighted by Gasteiger charge is 2.14. The van der Waals surface area contributed by atoms with Crippen molar-refractivity contribution in [2.45, 2.75) is 6.42 Å². The van der Waals surface area contributed by atoms with Gasteiger partial charge in [0.25, 0.3) is 0 Å². The molecular weight excluding hydrogens is 324 g/mol. The SMILES string of the molecule is NC(=S)N(CCc1ccccc1)c1nccnc1Br. The van der Waals surface area contributed by atoms with Gasteiger partial charge in [-0.15, -0.1) is 0 Å². The molecule has 2 rings (SSSR count). The van der Waals surface area contributed by atoms with E-state index < -0.39 is 0 Å². The van der Waals surface area contributed by atoms with Crippen LogP contribution in [0, 0.1) is 0 Å². The van der Waals surface area contributed by atoms with Crippen molar-refractivity contribution in [3.63, 3.8) is 0 Å². The molecule has 98 valence electrons. The zero-order valence-electron chi connectivity index (χ0n) is 10.2. The molecule has 1 heterocycles. The molecule has 19 heavy (non-hydrogen) atoms. The zero-order valence-corrected chi connectivity index (χ0v) is 12.6. The van der Waals surface area contributed by atoms with E-state index in [2.05, 4.69) is 38.0 Å². The molecule has 0 aliphatic heterocycles. The van der Waals surface area contributed by atoms with Crippen LogP contribution in [0.4, 0.5) is 5.82 Å². The third-order valence-corrected chi connectivity index (χ3v) is 3.40. The summed E-state index contributed by atoms with van der Waals surface area (Å²) in [4.78, 5) is 10.2. The molecule has 0 aliphatic rings. The first-order chi connectivity index (χ1) is 9.18. The largest absolute Gasteiger partial charge is 0.376 e. The van der Waals surface area contributed by atoms with Gasteiger partial charge in [0.05, 0.1) is 0 Å². The highest BCUT2D eigenvalue weighted by Crippen LogP contribution is 2.20. The fourth-order valence-corrected chi connectivity index (χ4v) is 2.31. The van der Waals surface area contributed by atoms with E-state index in [4.69, 9.17) is 18.0 Å². The van der Waals surface area contributed by atoms with Crippen LogP contribution in [-0.4, -0.2) is 21.6 Å². The van der Waals surface area contributed by atoms with Gasteiger partial charge in [0.2, 0.25) is 0 Å². The molecule has 0 radical (unpaired) electrons. The first kappa shape index (κ1) is 13.9. The Morgan fingerprint density at radius 2 is 1.89 bits per heavy atom. The first-order valence-corrected chi connectivity index (χ1v) is 6.96. The number of nitrogens with zero attached hydrogens (tertiary/aromatic N) is 3. The summed E-state index contributed by atoms with van der Waals surface area (Å²) >= 11 is 8.45. The number of hydrogen-bond acceptors (Lipinski definition) is 3. The van der Waals surface area contributed by atoms with Crippen LogP contribution in [0.15, 0.2) is 47.3 Å². The van der Waals surface area contributed by atoms with Crippen LogP contribution in [0.3, 0.4) is 0 Å². The molecule has 4 nitrogen and oxygen atoms in total. The highest BCUT2D eigenvalue weighted by molar-refractivity contribution is 9.10. The number of benzene rings is 1. The minimum atomic E-state index is 0.289. The lowest BCUT2D eigenvalue weighted by atomic mass is 10.1. The van der Waals surface area contributed by atoms with E-state index in [1.807, 2.05) is 18.2 Å². The summed E-state index contributed by atoms with van der Waals surface area (Å²) in [6, 6.07) is 10.2. The van der Waals surface area contributed by atoms with Gasteiger partial charge < -0.3 is 10.6 Å². The third-order valence-electron chi connectivity index (χ3n) is 2.62. The lowest BCUT2D eigenvalue weighted by Gasteiger charge is -2.22. The topological polar surface area (TPSA) is 55.0 Å². The number of nitrogens with two attached hydrogens (primary N) is 1. The number of aromatic nitrogens is 2. The fraction of sp³-hybridized carbons (Fsp3) is 0.154. The number of anilines is 1. The third kappa shape index (κ3) is 3.71. The average Bonchev–Trinajstić information content (AvgIpc) is 2.42. The molecule has 0 atom stereocenters. The van der Waals surface area contributed by atoms with Gasteiger partial charge in [0.1, 0.15) is 4.60 Å². The molecule has 2 N–H and O–H groups in total. The molecule has 0 fully saturated rings. The molecule has 1 aromatic heterocycles. The van der Waals surface area contributed by atoms with Gasteiger partial charge >= 0.3 is 0 Å². The lowest BCUT2D eigenvalue weighted by molar-refractivity contribution is 0.908. The van der Waals surface area contributed by atoms with Crippen LogP contribution >= 0.6 is 28.1 Å². The molecule has 0 saturated carbocycles. The molecule has 2 aromatic rings. The summed E-state index contributed by atoms with van der Waals surface area (Å²) < 4.78 is 0.635. The summed E-state index contributed by atoms with van der Waals surface area (Å²) in [5, 5.41) is 0.289. The summed E-state index contributed by atoms with van der Waals surface area (Å²) in [5.41, 5.74) is 7.00. The van der Waals surface area contributed by atoms with Crippen LogP contribution in [0.5, 0.6) is 0 Å². The van der Waals surface area contributed by atoms with E-state index in [1.165, 1.54) is 5.56 Å². The smallest absolute Gasteiger partial charge is 0.172 e. The fourth-order valence-electron chi connectivity index (χ4n) is 1.70. The number of rotatable bonds is 4. The van der Waals surface area contributed by atoms with Crippen molar-refractivity contribution in [1.82, 2.24) is 9.97 Å². The van der Waals surface area contributed by atoms with E-state index in [9.17, 15) is 0 Å². The van der Waals surface area contributed by atoms with E-state index in [-0.39, 0.29) is 5.11 Å². The Hall–Kier alpha value is -1.53. The summed E-state index contributed by atoms with van der Waals surface area (Å²) in [7, 11) is 0. The average molecular weight is 337 g/mol. The van der Waals surface area contributed by atoms with Gasteiger partial charge in [-0.05, 0) is 40.1 Å². The molecule has 0 aliphatic carbocycles. The van der Waals surface area contributed by atoms with E-state index >= 15 is 0 Å². The van der Waals surface area contributed by atoms with Gasteiger partial charge in [-0.3, -0.25) is 0 Å². The van der Waals surface area contributed by atoms with Crippen LogP contribution in [0.25, 0.3) is 0 Å². The number of halogens is 1. The van der Waals surface area contributed by atoms with Crippen molar-refractivity contribution in [2.75, 3.05) is 11.4 Å². The van der Waals surface area contributed by atoms with E-state index in [1.54, 1.807) is 17.3 Å². The Labute approximate surface area is 125 Å². The molecule has 0 amide bonds. The molecule has 0 saturated heterocycles. The molecule has 1 aromatic carbocycles. The predicted molar refractivity (Wildman–Crippen MR) is 84.0 cm³/mol. The molecular formula is C13H13BrN4S. The van der Waals surface area contributed by atoms with Gasteiger partial charge in [0, 0.05) is 18.9 Å². The highest BCUT2D eigenvalue weighted by atomic mass is 79.9. The Kier molecular flexibility index (Phi) is 4.81. The molecule has 0 unspecified atom stereocenters. The van der Waals surface area contributed by atoms with Gasteiger partial charge in [-0.25, -0.2) is 9.97 Å². The maximum atomic E-state index is 5.77. The second-order valence-corrected chi connectivity index (χ2v) is 5.07. The Bertz CT molecular complexity index is 562. The lowest BCUT2D eigenvalue weighted by Crippen LogP contribution is -2.38. The van der Waals surface area contributed by atoms with E-state index in [0.717, 1.165) is 6.42 Å². The monoisotopic (exact) mass is 336 g/mol. The zero-order chi connectivity index (χ0) is 13.7. The molecule has 6 heteroatoms. The second-order valence-electron chi connectivity index (χ2n) is 3.90. The first-order valence-electron chi connectivity index (χ1n) is 5.76. The van der Waals surface area contributed by atoms with Crippen LogP contribution in [-0.2, 0) is 6.42 Å². The van der Waals surface area contributed by atoms with Crippen molar-refractivity contribution < 1.29 is 0 Å². The van der Waals surface area contributed by atoms with Crippen molar-refractivity contribution in [2.24, 2.45) is 5.73 Å². The summed E-state index contributed by atoms with van der Waals surface area (Å²) in [6.45, 7) is 0.663. The van der Waals surface area contributed by atoms with Crippen LogP contribution in [0.2, 0.25) is 0 Å². The quantitative estimate of drug-likeness (QED) is 0.869. The van der Waals surface area contributed by atoms with E-state index in [0.29, 0.717) is 17.0 Å². The van der Waals surface area contributed by atoms with Gasteiger partial charge in [0.15, 0.2) is 10.9 Å². The maximum Gasteiger partial charge on any atom is 0.172 e. The van der Waals surface area contributed by atoms with Crippen molar-refractivity contribution in [3.8, 4) is 0 Å². The maximum absolute atomic E-state index is 5.77. The number of thiocarbonyl (C=S) groups is 1. The van der Waals surface area contributed by atoms with Crippen molar-refractivity contribution in [1.29, 1.82) is 0 Å². The van der Waals surface area contributed by atoms with Crippen LogP contribution in [0.1, 0.15) is 5.56 Å². The number of hydrogen-bond donors (Lipinski definition) is 1. The minimum absolute atomic E-state index is 0.289. The Morgan fingerprint density at radius 3 is 2.53 bits per heavy atom. The van der Waals surface area contributed by atoms with Crippen molar-refractivity contribution in [3.05, 3.63) is 52.9 Å². The molecule has 0 bridgehead atoms. The standard InChI is InChI=1S/C13H13BrN4S/c14-11-12(17-8-7-16-11)18(13(15)19)9-6-10-4-2-1-3-5-10/h1-5,7-8H,6,9H2,(H2,15,19).